The predicted molar refractivity (Wildman–Crippen MR) is 144 cm³/mol. The molecule has 238 valence electrons. The van der Waals surface area contributed by atoms with Gasteiger partial charge in [-0.1, -0.05) is 78.1 Å². The molecule has 0 fully saturated rings. The Labute approximate surface area is 265 Å². The molecule has 0 amide bonds. The Morgan fingerprint density at radius 2 is 1.15 bits per heavy atom. The van der Waals surface area contributed by atoms with Crippen LogP contribution in [-0.2, 0) is 43.6 Å². The maximum Gasteiger partial charge on any atom is 1.00 e. The summed E-state index contributed by atoms with van der Waals surface area (Å²) in [6.07, 6.45) is 11.5. The van der Waals surface area contributed by atoms with Gasteiger partial charge >= 0.3 is 47.5 Å². The predicted octanol–water partition coefficient (Wildman–Crippen LogP) is -0.539. The third-order valence-corrected chi connectivity index (χ3v) is 7.45. The van der Waals surface area contributed by atoms with E-state index in [4.69, 9.17) is 24.1 Å². The molecule has 4 N–H and O–H groups in total. The number of carbonyl (C=O) groups excluding carboxylic acids is 1. The van der Waals surface area contributed by atoms with Crippen LogP contribution in [-0.4, -0.2) is 78.2 Å². The second-order valence-electron chi connectivity index (χ2n) is 8.82. The van der Waals surface area contributed by atoms with E-state index in [1.54, 1.807) is 0 Å². The molecule has 14 nitrogen and oxygen atoms in total. The van der Waals surface area contributed by atoms with Crippen molar-refractivity contribution in [2.45, 2.75) is 115 Å². The molecule has 0 saturated carbocycles. The molecule has 1 unspecified atom stereocenters. The number of aliphatic carboxylic acids is 4. The van der Waals surface area contributed by atoms with Crippen molar-refractivity contribution in [2.75, 3.05) is 12.4 Å². The van der Waals surface area contributed by atoms with Crippen molar-refractivity contribution in [1.29, 1.82) is 0 Å². The smallest absolute Gasteiger partial charge is 0.550 e. The Morgan fingerprint density at radius 3 is 1.46 bits per heavy atom. The Bertz CT molecular complexity index is 907. The van der Waals surface area contributed by atoms with E-state index in [0.717, 1.165) is 32.1 Å². The summed E-state index contributed by atoms with van der Waals surface area (Å²) in [5.41, 5.74) is 0. The van der Waals surface area contributed by atoms with Gasteiger partial charge in [-0.3, -0.25) is 23.1 Å². The summed E-state index contributed by atoms with van der Waals surface area (Å²) in [5.74, 6) is -5.75. The fraction of sp³-hybridized carbons (Fsp3) is 0.833. The number of carboxylic acid groups (broad SMARTS) is 4. The second-order valence-corrected chi connectivity index (χ2v) is 12.2. The van der Waals surface area contributed by atoms with Crippen molar-refractivity contribution in [3.8, 4) is 0 Å². The van der Waals surface area contributed by atoms with E-state index in [1.807, 2.05) is 0 Å². The second kappa shape index (κ2) is 28.8. The SMILES string of the molecule is CCCCCCCCOS(=O)(=O)CCCCCCCC.O=C(O)CC(C(=O)O)S(=O)(=O)O.O=C([O-])CCC(=O)O.[Na+]. The molecule has 0 aromatic rings. The number of rotatable bonds is 22. The number of carbonyl (C=O) groups is 4. The van der Waals surface area contributed by atoms with E-state index in [2.05, 4.69) is 13.8 Å². The van der Waals surface area contributed by atoms with Gasteiger partial charge in [0.1, 0.15) is 0 Å². The molecule has 0 aromatic carbocycles. The quantitative estimate of drug-likeness (QED) is 0.0500. The van der Waals surface area contributed by atoms with Crippen molar-refractivity contribution >= 4 is 44.1 Å². The van der Waals surface area contributed by atoms with Crippen molar-refractivity contribution in [1.82, 2.24) is 0 Å². The minimum absolute atomic E-state index is 0. The molecule has 0 radical (unpaired) electrons. The topological polar surface area (TPSA) is 250 Å². The molecule has 0 saturated heterocycles. The van der Waals surface area contributed by atoms with E-state index < -0.39 is 62.2 Å². The van der Waals surface area contributed by atoms with Crippen LogP contribution in [0.3, 0.4) is 0 Å². The zero-order chi connectivity index (χ0) is 31.6. The largest absolute Gasteiger partial charge is 1.00 e. The third kappa shape index (κ3) is 38.7. The van der Waals surface area contributed by atoms with Crippen LogP contribution >= 0.6 is 0 Å². The Kier molecular flexibility index (Phi) is 32.8. The first-order chi connectivity index (χ1) is 18.5. The number of carboxylic acids is 4. The minimum Gasteiger partial charge on any atom is -0.550 e. The van der Waals surface area contributed by atoms with Crippen LogP contribution in [0.4, 0.5) is 0 Å². The molecule has 41 heavy (non-hydrogen) atoms. The third-order valence-electron chi connectivity index (χ3n) is 5.05. The average Bonchev–Trinajstić information content (AvgIpc) is 2.82. The van der Waals surface area contributed by atoms with Gasteiger partial charge < -0.3 is 25.2 Å². The molecule has 0 aliphatic rings. The monoisotopic (exact) mass is 644 g/mol. The Morgan fingerprint density at radius 1 is 0.707 bits per heavy atom. The van der Waals surface area contributed by atoms with Crippen molar-refractivity contribution < 1.29 is 94.7 Å². The fourth-order valence-electron chi connectivity index (χ4n) is 2.87. The van der Waals surface area contributed by atoms with Crippen LogP contribution in [0.5, 0.6) is 0 Å². The van der Waals surface area contributed by atoms with E-state index >= 15 is 0 Å². The zero-order valence-electron chi connectivity index (χ0n) is 24.3. The first-order valence-electron chi connectivity index (χ1n) is 13.2. The molecule has 0 heterocycles. The summed E-state index contributed by atoms with van der Waals surface area (Å²) < 4.78 is 57.0. The van der Waals surface area contributed by atoms with Gasteiger partial charge in [-0.05, 0) is 19.3 Å². The van der Waals surface area contributed by atoms with Crippen molar-refractivity contribution in [3.63, 3.8) is 0 Å². The molecule has 1 atom stereocenters. The van der Waals surface area contributed by atoms with Gasteiger partial charge in [0.2, 0.25) is 0 Å². The Hall–Kier alpha value is -1.30. The molecule has 0 spiro atoms. The standard InChI is InChI=1S/C16H34O3S.C4H6O7S.C4H6O4.Na/c1-3-5-7-9-11-13-15-19-20(17,18)16-14-12-10-8-6-4-2;5-3(6)1-2(4(7)8)12(9,10)11;5-3(6)1-2-4(7)8;/h3-16H2,1-2H3;2H,1H2,(H,5,6)(H,7,8)(H,9,10,11);1-2H2,(H,5,6)(H,7,8);/q;;;+1/p-1. The normalized spacial score (nSPS) is 11.5. The molecule has 0 rings (SSSR count). The van der Waals surface area contributed by atoms with Gasteiger partial charge in [-0.2, -0.15) is 16.8 Å². The van der Waals surface area contributed by atoms with Crippen molar-refractivity contribution in [2.24, 2.45) is 0 Å². The molecule has 0 aromatic heterocycles. The van der Waals surface area contributed by atoms with Gasteiger partial charge in [-0.15, -0.1) is 0 Å². The molecular formula is C24H45NaO14S2. The average molecular weight is 645 g/mol. The number of unbranched alkanes of at least 4 members (excludes halogenated alkanes) is 10. The molecule has 0 bridgehead atoms. The summed E-state index contributed by atoms with van der Waals surface area (Å²) in [6.45, 7) is 4.74. The van der Waals surface area contributed by atoms with Crippen LogP contribution in [0.2, 0.25) is 0 Å². The van der Waals surface area contributed by atoms with Gasteiger partial charge in [0.25, 0.3) is 20.2 Å². The number of hydrogen-bond donors (Lipinski definition) is 4. The Balaban J connectivity index is -0.000000277. The van der Waals surface area contributed by atoms with Crippen LogP contribution in [0.25, 0.3) is 0 Å². The van der Waals surface area contributed by atoms with Crippen LogP contribution in [0, 0.1) is 0 Å². The first-order valence-corrected chi connectivity index (χ1v) is 16.3. The summed E-state index contributed by atoms with van der Waals surface area (Å²) in [7, 11) is -8.11. The minimum atomic E-state index is -4.84. The van der Waals surface area contributed by atoms with E-state index in [9.17, 15) is 41.1 Å². The molecule has 0 aliphatic carbocycles. The summed E-state index contributed by atoms with van der Waals surface area (Å²) in [4.78, 5) is 39.1. The van der Waals surface area contributed by atoms with Gasteiger partial charge in [0.05, 0.1) is 25.2 Å². The number of hydrogen-bond acceptors (Lipinski definition) is 10. The van der Waals surface area contributed by atoms with Gasteiger partial charge in [-0.25, -0.2) is 0 Å². The molecular weight excluding hydrogens is 599 g/mol. The van der Waals surface area contributed by atoms with E-state index in [-0.39, 0.29) is 41.7 Å². The van der Waals surface area contributed by atoms with E-state index in [0.29, 0.717) is 6.61 Å². The molecule has 17 heteroatoms. The maximum atomic E-state index is 11.6. The first kappa shape index (κ1) is 46.7. The van der Waals surface area contributed by atoms with E-state index in [1.165, 1.54) is 44.9 Å². The fourth-order valence-corrected chi connectivity index (χ4v) is 4.53. The van der Waals surface area contributed by atoms with Gasteiger partial charge in [0, 0.05) is 5.97 Å². The zero-order valence-corrected chi connectivity index (χ0v) is 27.9. The van der Waals surface area contributed by atoms with Crippen molar-refractivity contribution in [3.05, 3.63) is 0 Å². The van der Waals surface area contributed by atoms with Gasteiger partial charge in [0.15, 0.2) is 5.25 Å². The summed E-state index contributed by atoms with van der Waals surface area (Å²) in [5, 5.41) is 31.3. The summed E-state index contributed by atoms with van der Waals surface area (Å²) in [6, 6.07) is 0. The van der Waals surface area contributed by atoms with Crippen LogP contribution in [0.15, 0.2) is 0 Å². The van der Waals surface area contributed by atoms with Crippen LogP contribution < -0.4 is 34.7 Å². The maximum absolute atomic E-state index is 11.6. The van der Waals surface area contributed by atoms with Crippen LogP contribution in [0.1, 0.15) is 110 Å². The summed E-state index contributed by atoms with van der Waals surface area (Å²) >= 11 is 0. The molecule has 0 aliphatic heterocycles.